The van der Waals surface area contributed by atoms with Gasteiger partial charge in [0, 0.05) is 18.6 Å². The fourth-order valence-corrected chi connectivity index (χ4v) is 3.29. The minimum atomic E-state index is 0.352. The van der Waals surface area contributed by atoms with Crippen molar-refractivity contribution < 1.29 is 4.74 Å². The van der Waals surface area contributed by atoms with E-state index >= 15 is 0 Å². The third-order valence-corrected chi connectivity index (χ3v) is 4.36. The number of halogens is 1. The number of ether oxygens (including phenoxy) is 1. The zero-order valence-electron chi connectivity index (χ0n) is 11.1. The van der Waals surface area contributed by atoms with E-state index in [9.17, 15) is 0 Å². The number of hydrogen-bond acceptors (Lipinski definition) is 5. The number of piperidine rings is 1. The molecule has 0 spiro atoms. The van der Waals surface area contributed by atoms with Crippen LogP contribution in [-0.4, -0.2) is 47.2 Å². The number of methoxy groups -OCH3 is 1. The van der Waals surface area contributed by atoms with Crippen LogP contribution in [0.1, 0.15) is 25.7 Å². The van der Waals surface area contributed by atoms with Gasteiger partial charge in [-0.25, -0.2) is 4.98 Å². The monoisotopic (exact) mass is 282 g/mol. The van der Waals surface area contributed by atoms with Crippen LogP contribution in [0.5, 0.6) is 6.01 Å². The Balaban J connectivity index is 1.74. The van der Waals surface area contributed by atoms with Gasteiger partial charge in [0.25, 0.3) is 0 Å². The maximum atomic E-state index is 6.15. The standard InChI is InChI=1S/C13H19ClN4O/c1-19-13-15-8-9(14)12(17-13)16-10-5-7-18-6-3-2-4-11(10)18/h8,10-11H,2-7H2,1H3,(H,15,16,17). The molecular formula is C13H19ClN4O. The summed E-state index contributed by atoms with van der Waals surface area (Å²) in [4.78, 5) is 10.9. The SMILES string of the molecule is COc1ncc(Cl)c(NC2CCN3CCCCC23)n1. The van der Waals surface area contributed by atoms with Gasteiger partial charge in [-0.3, -0.25) is 4.90 Å². The molecule has 2 aliphatic rings. The average Bonchev–Trinajstić information content (AvgIpc) is 2.85. The maximum absolute atomic E-state index is 6.15. The second kappa shape index (κ2) is 5.51. The fourth-order valence-electron chi connectivity index (χ4n) is 3.14. The highest BCUT2D eigenvalue weighted by molar-refractivity contribution is 6.32. The number of hydrogen-bond donors (Lipinski definition) is 1. The quantitative estimate of drug-likeness (QED) is 0.921. The van der Waals surface area contributed by atoms with E-state index in [1.54, 1.807) is 13.3 Å². The van der Waals surface area contributed by atoms with E-state index in [-0.39, 0.29) is 0 Å². The van der Waals surface area contributed by atoms with Crippen LogP contribution in [-0.2, 0) is 0 Å². The summed E-state index contributed by atoms with van der Waals surface area (Å²) in [7, 11) is 1.56. The van der Waals surface area contributed by atoms with E-state index in [0.717, 1.165) is 6.42 Å². The fraction of sp³-hybridized carbons (Fsp3) is 0.692. The summed E-state index contributed by atoms with van der Waals surface area (Å²) in [6.45, 7) is 2.39. The molecule has 2 fully saturated rings. The molecule has 1 aromatic rings. The lowest BCUT2D eigenvalue weighted by atomic mass is 9.99. The van der Waals surface area contributed by atoms with Crippen LogP contribution >= 0.6 is 11.6 Å². The van der Waals surface area contributed by atoms with E-state index in [1.165, 1.54) is 32.4 Å². The third kappa shape index (κ3) is 2.62. The number of fused-ring (bicyclic) bond motifs is 1. The Labute approximate surface area is 118 Å². The summed E-state index contributed by atoms with van der Waals surface area (Å²) in [5.41, 5.74) is 0. The molecule has 3 rings (SSSR count). The minimum Gasteiger partial charge on any atom is -0.467 e. The Morgan fingerprint density at radius 2 is 2.26 bits per heavy atom. The lowest BCUT2D eigenvalue weighted by Crippen LogP contribution is -2.41. The molecule has 6 heteroatoms. The molecule has 19 heavy (non-hydrogen) atoms. The average molecular weight is 283 g/mol. The highest BCUT2D eigenvalue weighted by atomic mass is 35.5. The summed E-state index contributed by atoms with van der Waals surface area (Å²) in [5, 5.41) is 4.03. The van der Waals surface area contributed by atoms with Gasteiger partial charge in [-0.15, -0.1) is 0 Å². The summed E-state index contributed by atoms with van der Waals surface area (Å²) in [5.74, 6) is 0.686. The molecular weight excluding hydrogens is 264 g/mol. The molecule has 0 bridgehead atoms. The molecule has 0 amide bonds. The van der Waals surface area contributed by atoms with Crippen LogP contribution in [0.2, 0.25) is 5.02 Å². The van der Waals surface area contributed by atoms with Gasteiger partial charge in [0.05, 0.1) is 13.3 Å². The van der Waals surface area contributed by atoms with E-state index in [4.69, 9.17) is 16.3 Å². The molecule has 0 aliphatic carbocycles. The molecule has 2 atom stereocenters. The molecule has 0 aromatic carbocycles. The first-order chi connectivity index (χ1) is 9.28. The molecule has 1 aromatic heterocycles. The lowest BCUT2D eigenvalue weighted by Gasteiger charge is -2.32. The minimum absolute atomic E-state index is 0.352. The van der Waals surface area contributed by atoms with Crippen molar-refractivity contribution in [2.75, 3.05) is 25.5 Å². The Morgan fingerprint density at radius 1 is 1.37 bits per heavy atom. The predicted molar refractivity (Wildman–Crippen MR) is 74.8 cm³/mol. The van der Waals surface area contributed by atoms with E-state index < -0.39 is 0 Å². The van der Waals surface area contributed by atoms with Crippen LogP contribution in [0, 0.1) is 0 Å². The van der Waals surface area contributed by atoms with Crippen LogP contribution in [0.4, 0.5) is 5.82 Å². The van der Waals surface area contributed by atoms with Crippen molar-refractivity contribution in [2.45, 2.75) is 37.8 Å². The van der Waals surface area contributed by atoms with Gasteiger partial charge in [-0.05, 0) is 25.8 Å². The maximum Gasteiger partial charge on any atom is 0.318 e. The Hall–Kier alpha value is -1.07. The van der Waals surface area contributed by atoms with Crippen molar-refractivity contribution in [3.8, 4) is 6.01 Å². The Kier molecular flexibility index (Phi) is 3.75. The summed E-state index contributed by atoms with van der Waals surface area (Å²) < 4.78 is 5.05. The number of rotatable bonds is 3. The number of anilines is 1. The summed E-state index contributed by atoms with van der Waals surface area (Å²) >= 11 is 6.15. The summed E-state index contributed by atoms with van der Waals surface area (Å²) in [6.07, 6.45) is 6.64. The molecule has 0 radical (unpaired) electrons. The van der Waals surface area contributed by atoms with Crippen molar-refractivity contribution in [1.82, 2.24) is 14.9 Å². The van der Waals surface area contributed by atoms with Gasteiger partial charge < -0.3 is 10.1 Å². The van der Waals surface area contributed by atoms with Crippen molar-refractivity contribution >= 4 is 17.4 Å². The van der Waals surface area contributed by atoms with Gasteiger partial charge in [0.2, 0.25) is 0 Å². The highest BCUT2D eigenvalue weighted by Gasteiger charge is 2.35. The molecule has 1 N–H and O–H groups in total. The van der Waals surface area contributed by atoms with Gasteiger partial charge in [-0.2, -0.15) is 4.98 Å². The van der Waals surface area contributed by atoms with Crippen LogP contribution < -0.4 is 10.1 Å². The highest BCUT2D eigenvalue weighted by Crippen LogP contribution is 2.30. The molecule has 2 unspecified atom stereocenters. The van der Waals surface area contributed by atoms with Crippen molar-refractivity contribution in [1.29, 1.82) is 0 Å². The molecule has 5 nitrogen and oxygen atoms in total. The van der Waals surface area contributed by atoms with Crippen LogP contribution in [0.3, 0.4) is 0 Å². The smallest absolute Gasteiger partial charge is 0.318 e. The molecule has 2 aliphatic heterocycles. The van der Waals surface area contributed by atoms with Gasteiger partial charge in [0.15, 0.2) is 5.82 Å². The van der Waals surface area contributed by atoms with Gasteiger partial charge in [0.1, 0.15) is 5.02 Å². The first kappa shape index (κ1) is 12.9. The van der Waals surface area contributed by atoms with Crippen molar-refractivity contribution in [3.05, 3.63) is 11.2 Å². The van der Waals surface area contributed by atoms with E-state index in [2.05, 4.69) is 20.2 Å². The van der Waals surface area contributed by atoms with Crippen LogP contribution in [0.25, 0.3) is 0 Å². The molecule has 3 heterocycles. The van der Waals surface area contributed by atoms with Crippen molar-refractivity contribution in [2.24, 2.45) is 0 Å². The first-order valence-electron chi connectivity index (χ1n) is 6.85. The largest absolute Gasteiger partial charge is 0.467 e. The van der Waals surface area contributed by atoms with E-state index in [1.807, 2.05) is 0 Å². The number of aromatic nitrogens is 2. The van der Waals surface area contributed by atoms with Crippen molar-refractivity contribution in [3.63, 3.8) is 0 Å². The molecule has 0 saturated carbocycles. The van der Waals surface area contributed by atoms with Gasteiger partial charge >= 0.3 is 6.01 Å². The second-order valence-corrected chi connectivity index (χ2v) is 5.60. The topological polar surface area (TPSA) is 50.3 Å². The molecule has 104 valence electrons. The summed E-state index contributed by atoms with van der Waals surface area (Å²) in [6, 6.07) is 1.40. The first-order valence-corrected chi connectivity index (χ1v) is 7.23. The van der Waals surface area contributed by atoms with Crippen LogP contribution in [0.15, 0.2) is 6.20 Å². The normalized spacial score (nSPS) is 27.1. The Morgan fingerprint density at radius 3 is 3.11 bits per heavy atom. The third-order valence-electron chi connectivity index (χ3n) is 4.08. The van der Waals surface area contributed by atoms with Gasteiger partial charge in [-0.1, -0.05) is 18.0 Å². The molecule has 2 saturated heterocycles. The lowest BCUT2D eigenvalue weighted by molar-refractivity contribution is 0.192. The van der Waals surface area contributed by atoms with E-state index in [0.29, 0.717) is 28.9 Å². The predicted octanol–water partition coefficient (Wildman–Crippen LogP) is 2.18. The zero-order chi connectivity index (χ0) is 13.2. The number of nitrogens with zero attached hydrogens (tertiary/aromatic N) is 3. The second-order valence-electron chi connectivity index (χ2n) is 5.19. The zero-order valence-corrected chi connectivity index (χ0v) is 11.9. The Bertz CT molecular complexity index is 456. The number of nitrogens with one attached hydrogen (secondary N) is 1.